The molecule has 1 aromatic carbocycles. The number of hydrogen-bond acceptors (Lipinski definition) is 4. The fourth-order valence-corrected chi connectivity index (χ4v) is 4.27. The number of anilines is 1. The summed E-state index contributed by atoms with van der Waals surface area (Å²) in [5.41, 5.74) is 1.09. The van der Waals surface area contributed by atoms with Crippen molar-refractivity contribution >= 4 is 17.3 Å². The fraction of sp³-hybridized carbons (Fsp3) is 0.500. The summed E-state index contributed by atoms with van der Waals surface area (Å²) in [6.07, 6.45) is 6.66. The number of benzene rings is 1. The van der Waals surface area contributed by atoms with Gasteiger partial charge in [0.2, 0.25) is 5.91 Å². The lowest BCUT2D eigenvalue weighted by Crippen LogP contribution is -2.50. The first-order valence-corrected chi connectivity index (χ1v) is 8.58. The molecule has 6 heteroatoms. The van der Waals surface area contributed by atoms with Crippen LogP contribution in [0.5, 0.6) is 0 Å². The van der Waals surface area contributed by atoms with Crippen molar-refractivity contribution in [3.05, 3.63) is 46.5 Å². The second-order valence-corrected chi connectivity index (χ2v) is 6.97. The van der Waals surface area contributed by atoms with Crippen molar-refractivity contribution in [2.75, 3.05) is 31.1 Å². The van der Waals surface area contributed by atoms with E-state index in [9.17, 15) is 14.9 Å². The molecule has 1 saturated carbocycles. The topological polar surface area (TPSA) is 66.7 Å². The Labute approximate surface area is 140 Å². The SMILES string of the molecule is O=C([C@H]1C[C@H]2C=C[C@H]1C2)N1CCN(c2ccc([N+](=O)[O-])cc2)CC1. The van der Waals surface area contributed by atoms with Gasteiger partial charge in [0.1, 0.15) is 0 Å². The molecule has 1 aromatic rings. The molecule has 0 N–H and O–H groups in total. The van der Waals surface area contributed by atoms with E-state index in [0.717, 1.165) is 44.7 Å². The molecule has 3 atom stereocenters. The van der Waals surface area contributed by atoms with Gasteiger partial charge in [0.05, 0.1) is 4.92 Å². The smallest absolute Gasteiger partial charge is 0.269 e. The fourth-order valence-electron chi connectivity index (χ4n) is 4.27. The third-order valence-electron chi connectivity index (χ3n) is 5.61. The minimum atomic E-state index is -0.385. The van der Waals surface area contributed by atoms with Gasteiger partial charge in [-0.3, -0.25) is 14.9 Å². The van der Waals surface area contributed by atoms with Crippen LogP contribution in [0.1, 0.15) is 12.8 Å². The number of allylic oxidation sites excluding steroid dienone is 2. The van der Waals surface area contributed by atoms with Crippen LogP contribution in [-0.4, -0.2) is 41.9 Å². The van der Waals surface area contributed by atoms with Gasteiger partial charge in [0.25, 0.3) is 5.69 Å². The first-order chi connectivity index (χ1) is 11.6. The molecule has 24 heavy (non-hydrogen) atoms. The Hall–Kier alpha value is -2.37. The van der Waals surface area contributed by atoms with Crippen LogP contribution in [0.15, 0.2) is 36.4 Å². The average Bonchev–Trinajstić information content (AvgIpc) is 3.25. The normalized spacial score (nSPS) is 28.4. The van der Waals surface area contributed by atoms with Crippen LogP contribution in [0.25, 0.3) is 0 Å². The van der Waals surface area contributed by atoms with Gasteiger partial charge >= 0.3 is 0 Å². The standard InChI is InChI=1S/C18H21N3O3/c22-18(17-12-13-1-2-14(17)11-13)20-9-7-19(8-10-20)15-3-5-16(6-4-15)21(23)24/h1-6,13-14,17H,7-12H2/t13-,14-,17-/m0/s1. The molecule has 3 aliphatic rings. The van der Waals surface area contributed by atoms with E-state index in [2.05, 4.69) is 17.1 Å². The van der Waals surface area contributed by atoms with Crippen LogP contribution in [0.2, 0.25) is 0 Å². The molecule has 2 fully saturated rings. The molecule has 4 rings (SSSR count). The summed E-state index contributed by atoms with van der Waals surface area (Å²) in [6, 6.07) is 6.65. The highest BCUT2D eigenvalue weighted by molar-refractivity contribution is 5.80. The summed E-state index contributed by atoms with van der Waals surface area (Å²) in [4.78, 5) is 27.3. The molecule has 2 aliphatic carbocycles. The summed E-state index contributed by atoms with van der Waals surface area (Å²) in [5.74, 6) is 1.57. The molecule has 1 saturated heterocycles. The van der Waals surface area contributed by atoms with Gasteiger partial charge in [0.15, 0.2) is 0 Å². The number of amides is 1. The van der Waals surface area contributed by atoms with Crippen LogP contribution < -0.4 is 4.90 Å². The average molecular weight is 327 g/mol. The number of rotatable bonds is 3. The van der Waals surface area contributed by atoms with Gasteiger partial charge in [-0.1, -0.05) is 12.2 Å². The van der Waals surface area contributed by atoms with Crippen molar-refractivity contribution in [1.29, 1.82) is 0 Å². The van der Waals surface area contributed by atoms with Crippen LogP contribution >= 0.6 is 0 Å². The molecular formula is C18H21N3O3. The van der Waals surface area contributed by atoms with Crippen LogP contribution in [0, 0.1) is 27.9 Å². The van der Waals surface area contributed by atoms with Gasteiger partial charge in [-0.05, 0) is 36.8 Å². The van der Waals surface area contributed by atoms with E-state index < -0.39 is 0 Å². The summed E-state index contributed by atoms with van der Waals surface area (Å²) >= 11 is 0. The molecular weight excluding hydrogens is 306 g/mol. The van der Waals surface area contributed by atoms with Crippen LogP contribution in [-0.2, 0) is 4.79 Å². The van der Waals surface area contributed by atoms with Gasteiger partial charge < -0.3 is 9.80 Å². The largest absolute Gasteiger partial charge is 0.368 e. The van der Waals surface area contributed by atoms with Crippen molar-refractivity contribution < 1.29 is 9.72 Å². The zero-order valence-corrected chi connectivity index (χ0v) is 13.5. The summed E-state index contributed by atoms with van der Waals surface area (Å²) < 4.78 is 0. The predicted octanol–water partition coefficient (Wildman–Crippen LogP) is 2.46. The van der Waals surface area contributed by atoms with Gasteiger partial charge in [-0.15, -0.1) is 0 Å². The van der Waals surface area contributed by atoms with E-state index >= 15 is 0 Å². The Morgan fingerprint density at radius 2 is 1.75 bits per heavy atom. The summed E-state index contributed by atoms with van der Waals surface area (Å²) in [5, 5.41) is 10.7. The quantitative estimate of drug-likeness (QED) is 0.486. The summed E-state index contributed by atoms with van der Waals surface area (Å²) in [7, 11) is 0. The highest BCUT2D eigenvalue weighted by Gasteiger charge is 2.41. The maximum Gasteiger partial charge on any atom is 0.269 e. The van der Waals surface area contributed by atoms with E-state index in [1.54, 1.807) is 12.1 Å². The van der Waals surface area contributed by atoms with Crippen molar-refractivity contribution in [2.24, 2.45) is 17.8 Å². The predicted molar refractivity (Wildman–Crippen MR) is 90.7 cm³/mol. The molecule has 0 aromatic heterocycles. The first-order valence-electron chi connectivity index (χ1n) is 8.58. The van der Waals surface area contributed by atoms with Gasteiger partial charge in [-0.25, -0.2) is 0 Å². The Morgan fingerprint density at radius 1 is 1.04 bits per heavy atom. The number of nitrogens with zero attached hydrogens (tertiary/aromatic N) is 3. The maximum absolute atomic E-state index is 12.8. The molecule has 126 valence electrons. The summed E-state index contributed by atoms with van der Waals surface area (Å²) in [6.45, 7) is 3.02. The molecule has 0 unspecified atom stereocenters. The molecule has 0 radical (unpaired) electrons. The monoisotopic (exact) mass is 327 g/mol. The van der Waals surface area contributed by atoms with Gasteiger partial charge in [-0.2, -0.15) is 0 Å². The lowest BCUT2D eigenvalue weighted by atomic mass is 9.92. The molecule has 2 bridgehead atoms. The molecule has 1 aliphatic heterocycles. The van der Waals surface area contributed by atoms with E-state index in [4.69, 9.17) is 0 Å². The second-order valence-electron chi connectivity index (χ2n) is 6.97. The number of hydrogen-bond donors (Lipinski definition) is 0. The highest BCUT2D eigenvalue weighted by Crippen LogP contribution is 2.44. The zero-order chi connectivity index (χ0) is 16.7. The number of piperazine rings is 1. The number of carbonyl (C=O) groups is 1. The number of nitro benzene ring substituents is 1. The van der Waals surface area contributed by atoms with Crippen LogP contribution in [0.3, 0.4) is 0 Å². The van der Waals surface area contributed by atoms with E-state index in [-0.39, 0.29) is 16.5 Å². The second kappa shape index (κ2) is 5.92. The van der Waals surface area contributed by atoms with Crippen LogP contribution in [0.4, 0.5) is 11.4 Å². The van der Waals surface area contributed by atoms with Gasteiger partial charge in [0, 0.05) is 49.9 Å². The Balaban J connectivity index is 1.35. The third kappa shape index (κ3) is 2.66. The number of non-ortho nitro benzene ring substituents is 1. The van der Waals surface area contributed by atoms with E-state index in [0.29, 0.717) is 17.7 Å². The number of fused-ring (bicyclic) bond motifs is 2. The Bertz CT molecular complexity index is 677. The zero-order valence-electron chi connectivity index (χ0n) is 13.5. The molecule has 6 nitrogen and oxygen atoms in total. The third-order valence-corrected chi connectivity index (χ3v) is 5.61. The lowest BCUT2D eigenvalue weighted by molar-refractivity contribution is -0.384. The highest BCUT2D eigenvalue weighted by atomic mass is 16.6. The molecule has 1 amide bonds. The van der Waals surface area contributed by atoms with Crippen molar-refractivity contribution in [1.82, 2.24) is 4.90 Å². The van der Waals surface area contributed by atoms with E-state index in [1.165, 1.54) is 12.1 Å². The molecule has 0 spiro atoms. The van der Waals surface area contributed by atoms with Crippen molar-refractivity contribution in [3.8, 4) is 0 Å². The minimum absolute atomic E-state index is 0.108. The van der Waals surface area contributed by atoms with Crippen molar-refractivity contribution in [2.45, 2.75) is 12.8 Å². The molecule has 1 heterocycles. The Kier molecular flexibility index (Phi) is 3.75. The number of carbonyl (C=O) groups excluding carboxylic acids is 1. The minimum Gasteiger partial charge on any atom is -0.368 e. The van der Waals surface area contributed by atoms with E-state index in [1.807, 2.05) is 4.90 Å². The maximum atomic E-state index is 12.8. The Morgan fingerprint density at radius 3 is 2.29 bits per heavy atom. The lowest BCUT2D eigenvalue weighted by Gasteiger charge is -2.38. The van der Waals surface area contributed by atoms with Crippen molar-refractivity contribution in [3.63, 3.8) is 0 Å². The first kappa shape index (κ1) is 15.2. The number of nitro groups is 1.